The highest BCUT2D eigenvalue weighted by molar-refractivity contribution is 5.74. The first kappa shape index (κ1) is 14.0. The van der Waals surface area contributed by atoms with E-state index in [4.69, 9.17) is 11.1 Å². The number of pyridine rings is 1. The van der Waals surface area contributed by atoms with E-state index in [9.17, 15) is 4.39 Å². The van der Waals surface area contributed by atoms with Crippen molar-refractivity contribution in [3.63, 3.8) is 0 Å². The zero-order chi connectivity index (χ0) is 14.4. The first-order valence-electron chi connectivity index (χ1n) is 6.23. The number of nitrogens with zero attached hydrogens (tertiary/aromatic N) is 1. The lowest BCUT2D eigenvalue weighted by atomic mass is 9.89. The number of hydrogen-bond acceptors (Lipinski definition) is 2. The van der Waals surface area contributed by atoms with E-state index in [2.05, 4.69) is 10.3 Å². The fraction of sp³-hybridized carbons (Fsp3) is 0.133. The maximum atomic E-state index is 13.0. The minimum atomic E-state index is -0.260. The van der Waals surface area contributed by atoms with Crippen molar-refractivity contribution in [2.45, 2.75) is 5.92 Å². The molecule has 1 heterocycles. The van der Waals surface area contributed by atoms with Gasteiger partial charge in [-0.25, -0.2) is 4.39 Å². The maximum Gasteiger partial charge on any atom is 0.185 e. The zero-order valence-corrected chi connectivity index (χ0v) is 10.9. The second kappa shape index (κ2) is 6.65. The van der Waals surface area contributed by atoms with Gasteiger partial charge in [-0.2, -0.15) is 0 Å². The molecule has 5 heteroatoms. The van der Waals surface area contributed by atoms with Crippen molar-refractivity contribution in [1.29, 1.82) is 5.41 Å². The Bertz CT molecular complexity index is 554. The van der Waals surface area contributed by atoms with E-state index in [1.165, 1.54) is 12.1 Å². The van der Waals surface area contributed by atoms with Crippen LogP contribution in [0.1, 0.15) is 17.0 Å². The number of hydrogen-bond donors (Lipinski definition) is 3. The number of guanidine groups is 1. The molecule has 0 aliphatic heterocycles. The smallest absolute Gasteiger partial charge is 0.185 e. The summed E-state index contributed by atoms with van der Waals surface area (Å²) in [5, 5.41) is 9.91. The fourth-order valence-corrected chi connectivity index (χ4v) is 1.99. The van der Waals surface area contributed by atoms with Crippen molar-refractivity contribution in [3.05, 3.63) is 72.2 Å². The first-order chi connectivity index (χ1) is 9.66. The fourth-order valence-electron chi connectivity index (χ4n) is 1.99. The van der Waals surface area contributed by atoms with Gasteiger partial charge in [-0.15, -0.1) is 0 Å². The molecule has 0 aliphatic carbocycles. The summed E-state index contributed by atoms with van der Waals surface area (Å²) >= 11 is 0. The summed E-state index contributed by atoms with van der Waals surface area (Å²) in [5.74, 6) is -0.344. The van der Waals surface area contributed by atoms with Crippen LogP contribution in [0.4, 0.5) is 4.39 Å². The number of nitrogens with one attached hydrogen (secondary N) is 2. The van der Waals surface area contributed by atoms with Gasteiger partial charge in [0.25, 0.3) is 0 Å². The zero-order valence-electron chi connectivity index (χ0n) is 10.9. The van der Waals surface area contributed by atoms with Crippen molar-refractivity contribution in [3.8, 4) is 0 Å². The average Bonchev–Trinajstić information content (AvgIpc) is 2.46. The predicted molar refractivity (Wildman–Crippen MR) is 76.7 cm³/mol. The lowest BCUT2D eigenvalue weighted by Gasteiger charge is -2.18. The second-order valence-electron chi connectivity index (χ2n) is 4.34. The van der Waals surface area contributed by atoms with Crippen molar-refractivity contribution >= 4 is 5.96 Å². The molecule has 1 aromatic carbocycles. The third-order valence-corrected chi connectivity index (χ3v) is 2.94. The molecule has 0 amide bonds. The minimum absolute atomic E-state index is 0.00884. The van der Waals surface area contributed by atoms with Gasteiger partial charge >= 0.3 is 0 Å². The molecule has 1 unspecified atom stereocenters. The summed E-state index contributed by atoms with van der Waals surface area (Å²) in [6.07, 6.45) is 5.43. The lowest BCUT2D eigenvalue weighted by Crippen LogP contribution is -2.32. The van der Waals surface area contributed by atoms with E-state index in [-0.39, 0.29) is 17.7 Å². The molecule has 2 aromatic rings. The molecule has 1 aromatic heterocycles. The Morgan fingerprint density at radius 1 is 1.20 bits per heavy atom. The molecule has 4 N–H and O–H groups in total. The van der Waals surface area contributed by atoms with Crippen LogP contribution in [0.25, 0.3) is 0 Å². The molecular weight excluding hydrogens is 255 g/mol. The van der Waals surface area contributed by atoms with Crippen LogP contribution in [0.2, 0.25) is 0 Å². The Morgan fingerprint density at radius 2 is 1.80 bits per heavy atom. The summed E-state index contributed by atoms with van der Waals surface area (Å²) in [6, 6.07) is 10.2. The van der Waals surface area contributed by atoms with Crippen LogP contribution < -0.4 is 11.1 Å². The molecule has 2 rings (SSSR count). The van der Waals surface area contributed by atoms with Crippen LogP contribution >= 0.6 is 0 Å². The van der Waals surface area contributed by atoms with Crippen molar-refractivity contribution in [2.24, 2.45) is 5.73 Å². The van der Waals surface area contributed by atoms with Crippen molar-refractivity contribution in [1.82, 2.24) is 10.3 Å². The van der Waals surface area contributed by atoms with Crippen molar-refractivity contribution < 1.29 is 4.39 Å². The molecule has 20 heavy (non-hydrogen) atoms. The first-order valence-corrected chi connectivity index (χ1v) is 6.23. The Morgan fingerprint density at radius 3 is 2.40 bits per heavy atom. The Hall–Kier alpha value is -2.43. The van der Waals surface area contributed by atoms with Gasteiger partial charge in [-0.3, -0.25) is 10.4 Å². The Labute approximate surface area is 117 Å². The van der Waals surface area contributed by atoms with E-state index in [1.807, 2.05) is 18.6 Å². The largest absolute Gasteiger partial charge is 0.370 e. The molecule has 0 saturated carbocycles. The molecular formula is C15H16FN4. The van der Waals surface area contributed by atoms with Crippen LogP contribution in [-0.2, 0) is 0 Å². The van der Waals surface area contributed by atoms with E-state index < -0.39 is 0 Å². The third kappa shape index (κ3) is 3.78. The molecule has 0 saturated heterocycles. The summed E-state index contributed by atoms with van der Waals surface area (Å²) in [6.45, 7) is 0.458. The summed E-state index contributed by atoms with van der Waals surface area (Å²) in [5.41, 5.74) is 7.30. The number of nitrogens with two attached hydrogens (primary N) is 1. The van der Waals surface area contributed by atoms with E-state index in [0.717, 1.165) is 11.1 Å². The quantitative estimate of drug-likeness (QED) is 0.575. The van der Waals surface area contributed by atoms with Gasteiger partial charge < -0.3 is 11.1 Å². The molecule has 1 radical (unpaired) electrons. The van der Waals surface area contributed by atoms with Crippen molar-refractivity contribution in [2.75, 3.05) is 6.54 Å². The van der Waals surface area contributed by atoms with Gasteiger partial charge in [-0.1, -0.05) is 12.1 Å². The molecule has 1 atom stereocenters. The summed E-state index contributed by atoms with van der Waals surface area (Å²) < 4.78 is 13.0. The van der Waals surface area contributed by atoms with Crippen LogP contribution in [0, 0.1) is 17.6 Å². The number of halogens is 1. The van der Waals surface area contributed by atoms with Gasteiger partial charge in [0.15, 0.2) is 5.96 Å². The summed E-state index contributed by atoms with van der Waals surface area (Å²) in [4.78, 5) is 4.00. The molecule has 4 nitrogen and oxygen atoms in total. The highest BCUT2D eigenvalue weighted by atomic mass is 19.1. The molecule has 0 spiro atoms. The van der Waals surface area contributed by atoms with E-state index >= 15 is 0 Å². The molecule has 0 aliphatic rings. The maximum absolute atomic E-state index is 13.0. The SMILES string of the molecule is N=C(N)NC[CH]C(c1ccncc1)c1ccc(F)cc1. The number of aromatic nitrogens is 1. The third-order valence-electron chi connectivity index (χ3n) is 2.94. The van der Waals surface area contributed by atoms with Gasteiger partial charge in [0, 0.05) is 24.9 Å². The standard InChI is InChI=1S/C15H16FN4/c16-13-3-1-11(2-4-13)14(7-10-20-15(17)18)12-5-8-19-9-6-12/h1-9,14H,10H2,(H4,17,18,20). The predicted octanol–water partition coefficient (Wildman–Crippen LogP) is 2.04. The Kier molecular flexibility index (Phi) is 4.65. The van der Waals surface area contributed by atoms with Crippen LogP contribution in [0.5, 0.6) is 0 Å². The average molecular weight is 271 g/mol. The van der Waals surface area contributed by atoms with Crippen LogP contribution in [-0.4, -0.2) is 17.5 Å². The topological polar surface area (TPSA) is 74.8 Å². The van der Waals surface area contributed by atoms with Gasteiger partial charge in [0.1, 0.15) is 5.82 Å². The minimum Gasteiger partial charge on any atom is -0.370 e. The summed E-state index contributed by atoms with van der Waals surface area (Å²) in [7, 11) is 0. The molecule has 0 fully saturated rings. The normalized spacial score (nSPS) is 11.8. The van der Waals surface area contributed by atoms with E-state index in [1.54, 1.807) is 24.5 Å². The lowest BCUT2D eigenvalue weighted by molar-refractivity contribution is 0.626. The van der Waals surface area contributed by atoms with Gasteiger partial charge in [0.2, 0.25) is 0 Å². The highest BCUT2D eigenvalue weighted by Crippen LogP contribution is 2.26. The number of rotatable bonds is 5. The molecule has 103 valence electrons. The van der Waals surface area contributed by atoms with Crippen LogP contribution in [0.15, 0.2) is 48.8 Å². The number of benzene rings is 1. The van der Waals surface area contributed by atoms with E-state index in [0.29, 0.717) is 6.54 Å². The second-order valence-corrected chi connectivity index (χ2v) is 4.34. The van der Waals surface area contributed by atoms with Crippen LogP contribution in [0.3, 0.4) is 0 Å². The molecule has 0 bridgehead atoms. The monoisotopic (exact) mass is 271 g/mol. The Balaban J connectivity index is 2.20. The van der Waals surface area contributed by atoms with Gasteiger partial charge in [-0.05, 0) is 41.8 Å². The van der Waals surface area contributed by atoms with Gasteiger partial charge in [0.05, 0.1) is 0 Å². The highest BCUT2D eigenvalue weighted by Gasteiger charge is 2.14.